The van der Waals surface area contributed by atoms with Crippen LogP contribution < -0.4 is 4.90 Å². The lowest BCUT2D eigenvalue weighted by molar-refractivity contribution is -0.438. The molecular weight excluding hydrogens is 751 g/mol. The largest absolute Gasteiger partial charge is 0.344 e. The Kier molecular flexibility index (Phi) is 11.6. The van der Waals surface area contributed by atoms with Gasteiger partial charge in [0, 0.05) is 66.7 Å². The first-order valence-corrected chi connectivity index (χ1v) is 21.8. The van der Waals surface area contributed by atoms with E-state index in [1.165, 1.54) is 44.1 Å². The van der Waals surface area contributed by atoms with Gasteiger partial charge in [-0.25, -0.2) is 4.79 Å². The molecular formula is C47H52N3O7S+. The third-order valence-electron chi connectivity index (χ3n) is 11.7. The van der Waals surface area contributed by atoms with Gasteiger partial charge in [-0.15, -0.1) is 5.06 Å². The van der Waals surface area contributed by atoms with Gasteiger partial charge in [-0.2, -0.15) is 13.0 Å². The van der Waals surface area contributed by atoms with E-state index in [1.54, 1.807) is 0 Å². The summed E-state index contributed by atoms with van der Waals surface area (Å²) >= 11 is 0. The second kappa shape index (κ2) is 16.5. The van der Waals surface area contributed by atoms with E-state index < -0.39 is 27.9 Å². The summed E-state index contributed by atoms with van der Waals surface area (Å²) in [5.74, 6) is -1.78. The summed E-state index contributed by atoms with van der Waals surface area (Å²) in [6.07, 6.45) is 14.0. The van der Waals surface area contributed by atoms with Gasteiger partial charge >= 0.3 is 5.97 Å². The summed E-state index contributed by atoms with van der Waals surface area (Å²) in [6.45, 7) is 10.4. The summed E-state index contributed by atoms with van der Waals surface area (Å²) in [6, 6.07) is 25.6. The maximum Gasteiger partial charge on any atom is 0.333 e. The van der Waals surface area contributed by atoms with Crippen LogP contribution in [0.25, 0.3) is 21.5 Å². The number of imide groups is 1. The second-order valence-corrected chi connectivity index (χ2v) is 18.0. The number of nitrogens with zero attached hydrogens (tertiary/aromatic N) is 3. The Morgan fingerprint density at radius 2 is 1.43 bits per heavy atom. The molecule has 7 rings (SSSR count). The number of fused-ring (bicyclic) bond motifs is 6. The molecule has 0 aliphatic carbocycles. The van der Waals surface area contributed by atoms with Crippen LogP contribution in [-0.2, 0) is 40.2 Å². The van der Waals surface area contributed by atoms with E-state index >= 15 is 0 Å². The van der Waals surface area contributed by atoms with Crippen LogP contribution in [0.5, 0.6) is 0 Å². The molecule has 2 amide bonds. The van der Waals surface area contributed by atoms with E-state index in [0.717, 1.165) is 30.8 Å². The topological polar surface area (TPSA) is 124 Å². The maximum absolute atomic E-state index is 12.4. The highest BCUT2D eigenvalue weighted by atomic mass is 32.2. The Morgan fingerprint density at radius 1 is 0.776 bits per heavy atom. The van der Waals surface area contributed by atoms with Gasteiger partial charge in [0.15, 0.2) is 5.71 Å². The Balaban J connectivity index is 1.12. The first-order chi connectivity index (χ1) is 27.7. The number of hydroxylamine groups is 2. The van der Waals surface area contributed by atoms with E-state index in [1.807, 2.05) is 6.07 Å². The molecule has 302 valence electrons. The molecule has 0 unspecified atom stereocenters. The number of rotatable bonds is 15. The van der Waals surface area contributed by atoms with Crippen molar-refractivity contribution in [2.75, 3.05) is 23.7 Å². The number of anilines is 1. The predicted octanol–water partition coefficient (Wildman–Crippen LogP) is 9.00. The molecule has 1 saturated heterocycles. The molecule has 58 heavy (non-hydrogen) atoms. The number of benzene rings is 4. The molecule has 0 radical (unpaired) electrons. The van der Waals surface area contributed by atoms with Gasteiger partial charge in [0.05, 0.1) is 11.2 Å². The van der Waals surface area contributed by atoms with Crippen LogP contribution in [0.3, 0.4) is 0 Å². The highest BCUT2D eigenvalue weighted by Gasteiger charge is 2.45. The molecule has 4 aromatic carbocycles. The average molecular weight is 803 g/mol. The lowest BCUT2D eigenvalue weighted by Crippen LogP contribution is -2.31. The zero-order valence-corrected chi connectivity index (χ0v) is 34.6. The lowest BCUT2D eigenvalue weighted by Gasteiger charge is -2.27. The van der Waals surface area contributed by atoms with Crippen molar-refractivity contribution >= 4 is 66.5 Å². The van der Waals surface area contributed by atoms with E-state index in [2.05, 4.69) is 134 Å². The lowest BCUT2D eigenvalue weighted by atomic mass is 9.79. The average Bonchev–Trinajstić information content (AvgIpc) is 3.70. The number of allylic oxidation sites excluding steroid dienone is 6. The van der Waals surface area contributed by atoms with Gasteiger partial charge in [-0.1, -0.05) is 86.7 Å². The van der Waals surface area contributed by atoms with Gasteiger partial charge in [0.1, 0.15) is 6.54 Å². The first kappa shape index (κ1) is 40.8. The summed E-state index contributed by atoms with van der Waals surface area (Å²) in [4.78, 5) is 43.5. The van der Waals surface area contributed by atoms with Gasteiger partial charge in [-0.05, 0) is 84.8 Å². The van der Waals surface area contributed by atoms with E-state index in [4.69, 9.17) is 4.84 Å². The monoisotopic (exact) mass is 802 g/mol. The van der Waals surface area contributed by atoms with Crippen LogP contribution in [0.2, 0.25) is 0 Å². The number of carbonyl (C=O) groups is 3. The molecule has 1 fully saturated rings. The van der Waals surface area contributed by atoms with Crippen molar-refractivity contribution in [3.8, 4) is 0 Å². The van der Waals surface area contributed by atoms with E-state index in [-0.39, 0.29) is 35.8 Å². The molecule has 4 aromatic rings. The zero-order valence-electron chi connectivity index (χ0n) is 33.7. The molecule has 0 bridgehead atoms. The van der Waals surface area contributed by atoms with Crippen LogP contribution in [0.4, 0.5) is 11.4 Å². The van der Waals surface area contributed by atoms with Crippen LogP contribution in [0.1, 0.15) is 90.2 Å². The highest BCUT2D eigenvalue weighted by Crippen LogP contribution is 2.51. The van der Waals surface area contributed by atoms with Crippen LogP contribution in [0, 0.1) is 0 Å². The standard InChI is InChI=1S/C47H51N3O7S/c1-46(2)39(48(37-26-24-33-17-10-12-19-35(33)44(37)46)30-14-6-9-23-43(53)57-50-41(51)28-29-42(50)52)21-7-5-8-22-40-47(3,4)45-36-20-13-11-18-34(36)25-27-38(45)49(40)31-15-16-32-58(54,55)56/h5,7-8,10-13,17-22,24-27H,6,9,14-16,23,28-32H2,1-4H3/p+1. The normalized spacial score (nSPS) is 18.2. The molecule has 10 nitrogen and oxygen atoms in total. The third kappa shape index (κ3) is 8.15. The van der Waals surface area contributed by atoms with Crippen molar-refractivity contribution in [3.05, 3.63) is 120 Å². The van der Waals surface area contributed by atoms with Crippen LogP contribution >= 0.6 is 0 Å². The second-order valence-electron chi connectivity index (χ2n) is 16.4. The Hall–Kier alpha value is -5.39. The Bertz CT molecular complexity index is 2510. The summed E-state index contributed by atoms with van der Waals surface area (Å²) in [5, 5.41) is 5.39. The molecule has 0 spiro atoms. The van der Waals surface area contributed by atoms with Crippen LogP contribution in [-0.4, -0.2) is 64.9 Å². The van der Waals surface area contributed by atoms with Gasteiger partial charge in [0.2, 0.25) is 5.69 Å². The Morgan fingerprint density at radius 3 is 2.12 bits per heavy atom. The number of carbonyl (C=O) groups excluding carboxylic acids is 3. The molecule has 3 aliphatic heterocycles. The fraction of sp³-hybridized carbons (Fsp3) is 0.362. The number of hydrogen-bond acceptors (Lipinski definition) is 7. The van der Waals surface area contributed by atoms with Crippen molar-refractivity contribution in [1.29, 1.82) is 0 Å². The van der Waals surface area contributed by atoms with E-state index in [0.29, 0.717) is 30.9 Å². The van der Waals surface area contributed by atoms with Gasteiger partial charge in [0.25, 0.3) is 21.9 Å². The fourth-order valence-electron chi connectivity index (χ4n) is 8.99. The van der Waals surface area contributed by atoms with Crippen LogP contribution in [0.15, 0.2) is 109 Å². The van der Waals surface area contributed by atoms with Gasteiger partial charge < -0.3 is 9.74 Å². The predicted molar refractivity (Wildman–Crippen MR) is 229 cm³/mol. The minimum absolute atomic E-state index is 0.0725. The minimum atomic E-state index is -4.03. The van der Waals surface area contributed by atoms with Crippen molar-refractivity contribution < 1.29 is 36.8 Å². The molecule has 1 N–H and O–H groups in total. The molecule has 0 aromatic heterocycles. The highest BCUT2D eigenvalue weighted by molar-refractivity contribution is 7.85. The molecule has 3 aliphatic rings. The molecule has 3 heterocycles. The van der Waals surface area contributed by atoms with Crippen molar-refractivity contribution in [2.45, 2.75) is 89.9 Å². The Labute approximate surface area is 340 Å². The zero-order chi connectivity index (χ0) is 41.2. The minimum Gasteiger partial charge on any atom is -0.344 e. The van der Waals surface area contributed by atoms with Crippen molar-refractivity contribution in [1.82, 2.24) is 5.06 Å². The fourth-order valence-corrected chi connectivity index (χ4v) is 9.55. The van der Waals surface area contributed by atoms with Crippen molar-refractivity contribution in [3.63, 3.8) is 0 Å². The van der Waals surface area contributed by atoms with Gasteiger partial charge in [-0.3, -0.25) is 14.1 Å². The summed E-state index contributed by atoms with van der Waals surface area (Å²) in [5.41, 5.74) is 6.47. The maximum atomic E-state index is 12.4. The number of unbranched alkanes of at least 4 members (excludes halogenated alkanes) is 3. The third-order valence-corrected chi connectivity index (χ3v) is 12.5. The summed E-state index contributed by atoms with van der Waals surface area (Å²) < 4.78 is 34.7. The molecule has 0 atom stereocenters. The SMILES string of the molecule is CC1(C)C(=CC=CC=CC2=[N+](CCCCCC(=O)ON3C(=O)CCC3=O)c3ccc4ccccc4c3C2(C)C)N(CCCCS(=O)(=O)O)c2ccc3ccccc3c21. The quantitative estimate of drug-likeness (QED) is 0.0416. The van der Waals surface area contributed by atoms with Crippen molar-refractivity contribution in [2.24, 2.45) is 0 Å². The first-order valence-electron chi connectivity index (χ1n) is 20.2. The number of hydrogen-bond donors (Lipinski definition) is 1. The molecule has 11 heteroatoms. The smallest absolute Gasteiger partial charge is 0.333 e. The van der Waals surface area contributed by atoms with E-state index in [9.17, 15) is 27.4 Å². The molecule has 0 saturated carbocycles. The summed E-state index contributed by atoms with van der Waals surface area (Å²) in [7, 11) is -4.03. The number of amides is 2.